The summed E-state index contributed by atoms with van der Waals surface area (Å²) >= 11 is 0. The number of rotatable bonds is 3. The molecule has 5 nitrogen and oxygen atoms in total. The largest absolute Gasteiger partial charge is 0.481 e. The highest BCUT2D eigenvalue weighted by atomic mass is 16.6. The van der Waals surface area contributed by atoms with E-state index in [4.69, 9.17) is 9.84 Å². The molecular formula is C15H25NO4. The van der Waals surface area contributed by atoms with Gasteiger partial charge in [0, 0.05) is 0 Å². The molecule has 0 heterocycles. The van der Waals surface area contributed by atoms with E-state index in [0.717, 1.165) is 25.7 Å². The molecule has 2 N–H and O–H groups in total. The molecule has 0 spiro atoms. The fourth-order valence-corrected chi connectivity index (χ4v) is 3.81. The molecule has 3 atom stereocenters. The van der Waals surface area contributed by atoms with Crippen LogP contribution in [0.15, 0.2) is 0 Å². The molecule has 0 aromatic heterocycles. The number of alkyl carbamates (subject to hydrolysis) is 1. The molecular weight excluding hydrogens is 258 g/mol. The van der Waals surface area contributed by atoms with Crippen LogP contribution in [0.5, 0.6) is 0 Å². The first-order valence-electron chi connectivity index (χ1n) is 7.45. The van der Waals surface area contributed by atoms with Crippen LogP contribution in [-0.4, -0.2) is 28.3 Å². The summed E-state index contributed by atoms with van der Waals surface area (Å²) in [7, 11) is 0. The molecule has 20 heavy (non-hydrogen) atoms. The van der Waals surface area contributed by atoms with Crippen LogP contribution in [-0.2, 0) is 9.53 Å². The number of hydrogen-bond acceptors (Lipinski definition) is 3. The predicted molar refractivity (Wildman–Crippen MR) is 74.4 cm³/mol. The summed E-state index contributed by atoms with van der Waals surface area (Å²) in [4.78, 5) is 23.2. The van der Waals surface area contributed by atoms with Crippen molar-refractivity contribution in [1.82, 2.24) is 5.32 Å². The van der Waals surface area contributed by atoms with E-state index < -0.39 is 23.2 Å². The number of aliphatic carboxylic acids is 1. The van der Waals surface area contributed by atoms with Gasteiger partial charge in [0.15, 0.2) is 0 Å². The van der Waals surface area contributed by atoms with Crippen molar-refractivity contribution in [3.8, 4) is 0 Å². The molecule has 0 bridgehead atoms. The first-order chi connectivity index (χ1) is 9.22. The van der Waals surface area contributed by atoms with Crippen molar-refractivity contribution in [2.24, 2.45) is 11.8 Å². The quantitative estimate of drug-likeness (QED) is 0.835. The number of amides is 1. The Balaban J connectivity index is 2.05. The summed E-state index contributed by atoms with van der Waals surface area (Å²) < 4.78 is 5.29. The molecule has 0 aliphatic heterocycles. The zero-order valence-corrected chi connectivity index (χ0v) is 12.6. The standard InChI is InChI=1S/C15H25NO4/c1-14(2,3)20-13(19)16-15(9-12(17)18)8-10-6-4-5-7-11(10)15/h10-11H,4-9H2,1-3H3,(H,16,19)(H,17,18). The SMILES string of the molecule is CC(C)(C)OC(=O)NC1(CC(=O)O)CC2CCCCC21. The van der Waals surface area contributed by atoms with Gasteiger partial charge in [0.05, 0.1) is 12.0 Å². The van der Waals surface area contributed by atoms with E-state index in [0.29, 0.717) is 11.8 Å². The highest BCUT2D eigenvalue weighted by Gasteiger charge is 2.56. The Morgan fingerprint density at radius 2 is 1.95 bits per heavy atom. The van der Waals surface area contributed by atoms with Crippen molar-refractivity contribution < 1.29 is 19.4 Å². The average molecular weight is 283 g/mol. The first kappa shape index (κ1) is 15.1. The molecule has 1 amide bonds. The predicted octanol–water partition coefficient (Wildman–Crippen LogP) is 2.93. The summed E-state index contributed by atoms with van der Waals surface area (Å²) in [6.45, 7) is 5.42. The fraction of sp³-hybridized carbons (Fsp3) is 0.867. The number of ether oxygens (including phenoxy) is 1. The summed E-state index contributed by atoms with van der Waals surface area (Å²) in [6.07, 6.45) is 4.77. The third-order valence-electron chi connectivity index (χ3n) is 4.46. The Morgan fingerprint density at radius 1 is 1.30 bits per heavy atom. The van der Waals surface area contributed by atoms with Crippen LogP contribution in [0.1, 0.15) is 59.3 Å². The minimum absolute atomic E-state index is 0.00654. The number of nitrogens with one attached hydrogen (secondary N) is 1. The zero-order valence-electron chi connectivity index (χ0n) is 12.6. The molecule has 2 rings (SSSR count). The average Bonchev–Trinajstić information content (AvgIpc) is 2.24. The normalized spacial score (nSPS) is 32.8. The molecule has 0 saturated heterocycles. The first-order valence-corrected chi connectivity index (χ1v) is 7.45. The Bertz CT molecular complexity index is 401. The van der Waals surface area contributed by atoms with Crippen LogP contribution in [0.4, 0.5) is 4.79 Å². The van der Waals surface area contributed by atoms with Crippen LogP contribution < -0.4 is 5.32 Å². The molecule has 2 saturated carbocycles. The monoisotopic (exact) mass is 283 g/mol. The second-order valence-corrected chi connectivity index (χ2v) is 7.21. The Kier molecular flexibility index (Phi) is 3.98. The highest BCUT2D eigenvalue weighted by Crippen LogP contribution is 2.53. The van der Waals surface area contributed by atoms with Crippen LogP contribution in [0.25, 0.3) is 0 Å². The molecule has 2 fully saturated rings. The third kappa shape index (κ3) is 3.25. The Morgan fingerprint density at radius 3 is 2.50 bits per heavy atom. The summed E-state index contributed by atoms with van der Waals surface area (Å²) in [5.74, 6) is 0.00277. The van der Waals surface area contributed by atoms with Crippen molar-refractivity contribution in [2.45, 2.75) is 70.4 Å². The lowest BCUT2D eigenvalue weighted by Crippen LogP contribution is -2.66. The van der Waals surface area contributed by atoms with Crippen LogP contribution in [0, 0.1) is 11.8 Å². The number of carboxylic acid groups (broad SMARTS) is 1. The lowest BCUT2D eigenvalue weighted by Gasteiger charge is -2.57. The van der Waals surface area contributed by atoms with E-state index >= 15 is 0 Å². The lowest BCUT2D eigenvalue weighted by molar-refractivity contribution is -0.143. The topological polar surface area (TPSA) is 75.6 Å². The molecule has 0 aromatic rings. The van der Waals surface area contributed by atoms with Crippen molar-refractivity contribution in [3.05, 3.63) is 0 Å². The van der Waals surface area contributed by atoms with Gasteiger partial charge in [-0.25, -0.2) is 4.79 Å². The van der Waals surface area contributed by atoms with E-state index in [9.17, 15) is 9.59 Å². The van der Waals surface area contributed by atoms with Gasteiger partial charge >= 0.3 is 12.1 Å². The van der Waals surface area contributed by atoms with Gasteiger partial charge in [0.1, 0.15) is 5.60 Å². The van der Waals surface area contributed by atoms with Crippen LogP contribution in [0.3, 0.4) is 0 Å². The Hall–Kier alpha value is -1.26. The van der Waals surface area contributed by atoms with Gasteiger partial charge in [-0.1, -0.05) is 19.3 Å². The molecule has 114 valence electrons. The van der Waals surface area contributed by atoms with Crippen molar-refractivity contribution in [3.63, 3.8) is 0 Å². The van der Waals surface area contributed by atoms with E-state index in [-0.39, 0.29) is 6.42 Å². The second kappa shape index (κ2) is 5.26. The number of carbonyl (C=O) groups is 2. The lowest BCUT2D eigenvalue weighted by atomic mass is 9.53. The van der Waals surface area contributed by atoms with Gasteiger partial charge in [0.2, 0.25) is 0 Å². The van der Waals surface area contributed by atoms with Gasteiger partial charge in [-0.05, 0) is 45.4 Å². The zero-order chi connectivity index (χ0) is 15.0. The van der Waals surface area contributed by atoms with Gasteiger partial charge in [0.25, 0.3) is 0 Å². The summed E-state index contributed by atoms with van der Waals surface area (Å²) in [5, 5.41) is 12.0. The minimum Gasteiger partial charge on any atom is -0.481 e. The molecule has 0 aromatic carbocycles. The maximum absolute atomic E-state index is 12.0. The van der Waals surface area contributed by atoms with Crippen LogP contribution in [0.2, 0.25) is 0 Å². The van der Waals surface area contributed by atoms with Gasteiger partial charge < -0.3 is 15.2 Å². The highest BCUT2D eigenvalue weighted by molar-refractivity contribution is 5.73. The van der Waals surface area contributed by atoms with Crippen LogP contribution >= 0.6 is 0 Å². The number of carboxylic acids is 1. The van der Waals surface area contributed by atoms with Crippen molar-refractivity contribution >= 4 is 12.1 Å². The number of carbonyl (C=O) groups excluding carboxylic acids is 1. The summed E-state index contributed by atoms with van der Waals surface area (Å²) in [6, 6.07) is 0. The van der Waals surface area contributed by atoms with E-state index in [2.05, 4.69) is 5.32 Å². The maximum Gasteiger partial charge on any atom is 0.408 e. The maximum atomic E-state index is 12.0. The molecule has 2 aliphatic carbocycles. The van der Waals surface area contributed by atoms with Crippen molar-refractivity contribution in [2.75, 3.05) is 0 Å². The molecule has 5 heteroatoms. The fourth-order valence-electron chi connectivity index (χ4n) is 3.81. The molecule has 3 unspecified atom stereocenters. The van der Waals surface area contributed by atoms with Gasteiger partial charge in [-0.2, -0.15) is 0 Å². The second-order valence-electron chi connectivity index (χ2n) is 7.21. The minimum atomic E-state index is -0.856. The third-order valence-corrected chi connectivity index (χ3v) is 4.46. The van der Waals surface area contributed by atoms with E-state index in [1.54, 1.807) is 20.8 Å². The van der Waals surface area contributed by atoms with E-state index in [1.165, 1.54) is 6.42 Å². The number of hydrogen-bond donors (Lipinski definition) is 2. The smallest absolute Gasteiger partial charge is 0.408 e. The Labute approximate surface area is 120 Å². The van der Waals surface area contributed by atoms with Crippen molar-refractivity contribution in [1.29, 1.82) is 0 Å². The van der Waals surface area contributed by atoms with Gasteiger partial charge in [-0.3, -0.25) is 4.79 Å². The molecule has 2 aliphatic rings. The molecule has 0 radical (unpaired) electrons. The van der Waals surface area contributed by atoms with Gasteiger partial charge in [-0.15, -0.1) is 0 Å². The number of fused-ring (bicyclic) bond motifs is 1. The summed E-state index contributed by atoms with van der Waals surface area (Å²) in [5.41, 5.74) is -1.16. The van der Waals surface area contributed by atoms with E-state index in [1.807, 2.05) is 0 Å².